The van der Waals surface area contributed by atoms with Gasteiger partial charge in [-0.2, -0.15) is 0 Å². The van der Waals surface area contributed by atoms with Gasteiger partial charge in [-0.05, 0) is 66.9 Å². The largest absolute Gasteiger partial charge is 0.361 e. The van der Waals surface area contributed by atoms with E-state index < -0.39 is 11.6 Å². The van der Waals surface area contributed by atoms with Crippen LogP contribution in [0.4, 0.5) is 14.5 Å². The second kappa shape index (κ2) is 8.57. The first kappa shape index (κ1) is 19.3. The van der Waals surface area contributed by atoms with Crippen LogP contribution in [-0.2, 0) is 11.3 Å². The molecule has 2 aromatic carbocycles. The Labute approximate surface area is 168 Å². The van der Waals surface area contributed by atoms with Crippen LogP contribution in [0.3, 0.4) is 0 Å². The van der Waals surface area contributed by atoms with Gasteiger partial charge in [0.05, 0.1) is 5.92 Å². The predicted octanol–water partition coefficient (Wildman–Crippen LogP) is 4.81. The SMILES string of the molecule is O=C(Nc1ccc(-c2ccc[nH]2)cc1)[C@@H]1CCCN(Cc2ccc(F)c(F)c2)C1. The highest BCUT2D eigenvalue weighted by atomic mass is 19.2. The number of hydrogen-bond donors (Lipinski definition) is 2. The summed E-state index contributed by atoms with van der Waals surface area (Å²) >= 11 is 0. The Balaban J connectivity index is 1.35. The van der Waals surface area contributed by atoms with Gasteiger partial charge in [0.2, 0.25) is 5.91 Å². The monoisotopic (exact) mass is 395 g/mol. The minimum absolute atomic E-state index is 0.00684. The molecule has 1 amide bonds. The number of halogens is 2. The van der Waals surface area contributed by atoms with Gasteiger partial charge in [-0.25, -0.2) is 8.78 Å². The number of carbonyl (C=O) groups excluding carboxylic acids is 1. The number of anilines is 1. The van der Waals surface area contributed by atoms with E-state index in [4.69, 9.17) is 0 Å². The average molecular weight is 395 g/mol. The maximum absolute atomic E-state index is 13.4. The zero-order valence-electron chi connectivity index (χ0n) is 16.0. The maximum Gasteiger partial charge on any atom is 0.228 e. The number of likely N-dealkylation sites (tertiary alicyclic amines) is 1. The van der Waals surface area contributed by atoms with Crippen LogP contribution in [0.2, 0.25) is 0 Å². The summed E-state index contributed by atoms with van der Waals surface area (Å²) in [4.78, 5) is 18.0. The summed E-state index contributed by atoms with van der Waals surface area (Å²) in [5.74, 6) is -1.81. The van der Waals surface area contributed by atoms with Crippen molar-refractivity contribution >= 4 is 11.6 Å². The molecule has 0 radical (unpaired) electrons. The lowest BCUT2D eigenvalue weighted by molar-refractivity contribution is -0.121. The van der Waals surface area contributed by atoms with Crippen molar-refractivity contribution in [2.45, 2.75) is 19.4 Å². The number of piperidine rings is 1. The predicted molar refractivity (Wildman–Crippen MR) is 109 cm³/mol. The minimum Gasteiger partial charge on any atom is -0.361 e. The number of hydrogen-bond acceptors (Lipinski definition) is 2. The molecule has 0 bridgehead atoms. The number of rotatable bonds is 5. The van der Waals surface area contributed by atoms with Gasteiger partial charge in [-0.15, -0.1) is 0 Å². The summed E-state index contributed by atoms with van der Waals surface area (Å²) in [6, 6.07) is 15.6. The average Bonchev–Trinajstić information content (AvgIpc) is 3.26. The van der Waals surface area contributed by atoms with Crippen LogP contribution < -0.4 is 5.32 Å². The number of benzene rings is 2. The lowest BCUT2D eigenvalue weighted by Gasteiger charge is -2.32. The Kier molecular flexibility index (Phi) is 5.71. The van der Waals surface area contributed by atoms with Gasteiger partial charge < -0.3 is 10.3 Å². The van der Waals surface area contributed by atoms with Gasteiger partial charge >= 0.3 is 0 Å². The van der Waals surface area contributed by atoms with Crippen LogP contribution in [0, 0.1) is 17.6 Å². The molecule has 0 aliphatic carbocycles. The van der Waals surface area contributed by atoms with Crippen molar-refractivity contribution in [1.82, 2.24) is 9.88 Å². The first-order valence-electron chi connectivity index (χ1n) is 9.79. The fourth-order valence-corrected chi connectivity index (χ4v) is 3.80. The topological polar surface area (TPSA) is 48.1 Å². The highest BCUT2D eigenvalue weighted by molar-refractivity contribution is 5.93. The Hall–Kier alpha value is -2.99. The van der Waals surface area contributed by atoms with Crippen LogP contribution >= 0.6 is 0 Å². The molecule has 0 unspecified atom stereocenters. The van der Waals surface area contributed by atoms with Gasteiger partial charge in [0, 0.05) is 30.7 Å². The van der Waals surface area contributed by atoms with Crippen molar-refractivity contribution in [2.24, 2.45) is 5.92 Å². The fraction of sp³-hybridized carbons (Fsp3) is 0.261. The number of aromatic amines is 1. The van der Waals surface area contributed by atoms with Gasteiger partial charge in [0.25, 0.3) is 0 Å². The number of nitrogens with one attached hydrogen (secondary N) is 2. The Morgan fingerprint density at radius 3 is 2.66 bits per heavy atom. The smallest absolute Gasteiger partial charge is 0.228 e. The molecule has 0 saturated carbocycles. The number of nitrogens with zero attached hydrogens (tertiary/aromatic N) is 1. The standard InChI is InChI=1S/C23H23F2N3O/c24-20-10-5-16(13-21(20)25)14-28-12-2-3-18(15-28)23(29)27-19-8-6-17(7-9-19)22-4-1-11-26-22/h1,4-11,13,18,26H,2-3,12,14-15H2,(H,27,29)/t18-/m1/s1. The summed E-state index contributed by atoms with van der Waals surface area (Å²) in [6.45, 7) is 1.95. The molecule has 29 heavy (non-hydrogen) atoms. The molecule has 1 aliphatic heterocycles. The van der Waals surface area contributed by atoms with Crippen LogP contribution in [0.25, 0.3) is 11.3 Å². The van der Waals surface area contributed by atoms with Crippen LogP contribution in [0.1, 0.15) is 18.4 Å². The van der Waals surface area contributed by atoms with Crippen LogP contribution in [0.5, 0.6) is 0 Å². The van der Waals surface area contributed by atoms with Gasteiger partial charge in [0.15, 0.2) is 11.6 Å². The van der Waals surface area contributed by atoms with E-state index in [-0.39, 0.29) is 11.8 Å². The van der Waals surface area contributed by atoms with Crippen molar-refractivity contribution in [1.29, 1.82) is 0 Å². The van der Waals surface area contributed by atoms with Crippen molar-refractivity contribution in [2.75, 3.05) is 18.4 Å². The van der Waals surface area contributed by atoms with E-state index in [2.05, 4.69) is 15.2 Å². The van der Waals surface area contributed by atoms with E-state index in [0.717, 1.165) is 42.4 Å². The minimum atomic E-state index is -0.841. The molecular weight excluding hydrogens is 372 g/mol. The summed E-state index contributed by atoms with van der Waals surface area (Å²) in [5, 5.41) is 3.00. The second-order valence-electron chi connectivity index (χ2n) is 7.47. The molecule has 1 fully saturated rings. The van der Waals surface area contributed by atoms with E-state index in [1.807, 2.05) is 42.6 Å². The number of H-pyrrole nitrogens is 1. The third-order valence-electron chi connectivity index (χ3n) is 5.33. The molecule has 4 rings (SSSR count). The zero-order valence-corrected chi connectivity index (χ0v) is 16.0. The van der Waals surface area contributed by atoms with E-state index in [1.165, 1.54) is 6.07 Å². The summed E-state index contributed by atoms with van der Waals surface area (Å²) < 4.78 is 26.6. The summed E-state index contributed by atoms with van der Waals surface area (Å²) in [5.41, 5.74) is 3.57. The molecule has 1 aliphatic rings. The number of amides is 1. The molecule has 1 atom stereocenters. The van der Waals surface area contributed by atoms with E-state index in [0.29, 0.717) is 18.7 Å². The van der Waals surface area contributed by atoms with Crippen molar-refractivity contribution in [3.63, 3.8) is 0 Å². The third kappa shape index (κ3) is 4.71. The Bertz CT molecular complexity index is 970. The molecule has 3 aromatic rings. The van der Waals surface area contributed by atoms with Gasteiger partial charge in [-0.1, -0.05) is 18.2 Å². The molecule has 1 saturated heterocycles. The van der Waals surface area contributed by atoms with Crippen LogP contribution in [-0.4, -0.2) is 28.9 Å². The lowest BCUT2D eigenvalue weighted by atomic mass is 9.96. The van der Waals surface area contributed by atoms with Gasteiger partial charge in [-0.3, -0.25) is 9.69 Å². The molecule has 150 valence electrons. The van der Waals surface area contributed by atoms with Crippen molar-refractivity contribution in [3.8, 4) is 11.3 Å². The fourth-order valence-electron chi connectivity index (χ4n) is 3.80. The van der Waals surface area contributed by atoms with Gasteiger partial charge in [0.1, 0.15) is 0 Å². The highest BCUT2D eigenvalue weighted by Crippen LogP contribution is 2.23. The zero-order chi connectivity index (χ0) is 20.2. The number of carbonyl (C=O) groups is 1. The second-order valence-corrected chi connectivity index (χ2v) is 7.47. The Morgan fingerprint density at radius 2 is 1.93 bits per heavy atom. The maximum atomic E-state index is 13.4. The van der Waals surface area contributed by atoms with E-state index >= 15 is 0 Å². The molecule has 6 heteroatoms. The normalized spacial score (nSPS) is 17.2. The van der Waals surface area contributed by atoms with Crippen molar-refractivity contribution in [3.05, 3.63) is 78.0 Å². The van der Waals surface area contributed by atoms with E-state index in [9.17, 15) is 13.6 Å². The summed E-state index contributed by atoms with van der Waals surface area (Å²) in [6.07, 6.45) is 3.59. The molecule has 1 aromatic heterocycles. The Morgan fingerprint density at radius 1 is 1.10 bits per heavy atom. The summed E-state index contributed by atoms with van der Waals surface area (Å²) in [7, 11) is 0. The third-order valence-corrected chi connectivity index (χ3v) is 5.33. The highest BCUT2D eigenvalue weighted by Gasteiger charge is 2.26. The first-order chi connectivity index (χ1) is 14.1. The lowest BCUT2D eigenvalue weighted by Crippen LogP contribution is -2.40. The quantitative estimate of drug-likeness (QED) is 0.651. The molecule has 4 nitrogen and oxygen atoms in total. The molecule has 2 heterocycles. The van der Waals surface area contributed by atoms with Crippen molar-refractivity contribution < 1.29 is 13.6 Å². The number of aromatic nitrogens is 1. The molecule has 0 spiro atoms. The molecule has 2 N–H and O–H groups in total. The first-order valence-corrected chi connectivity index (χ1v) is 9.79. The van der Waals surface area contributed by atoms with Crippen LogP contribution in [0.15, 0.2) is 60.8 Å². The molecular formula is C23H23F2N3O. The van der Waals surface area contributed by atoms with E-state index in [1.54, 1.807) is 6.07 Å².